The minimum atomic E-state index is 0. The van der Waals surface area contributed by atoms with Crippen molar-refractivity contribution in [3.05, 3.63) is 30.1 Å². The first kappa shape index (κ1) is 11.0. The number of pyridine rings is 1. The molecule has 81 valence electrons. The first-order chi connectivity index (χ1) is 7.25. The van der Waals surface area contributed by atoms with Crippen molar-refractivity contribution in [2.45, 2.75) is 6.92 Å². The molecule has 16 heavy (non-hydrogen) atoms. The number of imidazole rings is 1. The largest absolute Gasteiger partial charge is 1.00 e. The maximum absolute atomic E-state index is 5.82. The molecule has 2 aromatic heterocycles. The number of rotatable bonds is 0. The van der Waals surface area contributed by atoms with E-state index in [4.69, 9.17) is 5.73 Å². The molecule has 0 saturated carbocycles. The first-order valence-corrected chi connectivity index (χ1v) is 4.71. The van der Waals surface area contributed by atoms with Gasteiger partial charge in [0, 0.05) is 10.9 Å². The van der Waals surface area contributed by atoms with E-state index in [1.165, 1.54) is 0 Å². The Morgan fingerprint density at radius 2 is 1.94 bits per heavy atom. The minimum absolute atomic E-state index is 0. The fourth-order valence-electron chi connectivity index (χ4n) is 1.77. The van der Waals surface area contributed by atoms with Crippen LogP contribution in [0.25, 0.3) is 21.9 Å². The molecule has 0 fully saturated rings. The summed E-state index contributed by atoms with van der Waals surface area (Å²) in [7, 11) is 0. The predicted octanol–water partition coefficient (Wildman–Crippen LogP) is 1.63. The molecule has 0 aliphatic rings. The Labute approximate surface area is 105 Å². The van der Waals surface area contributed by atoms with Crippen LogP contribution < -0.4 is 10.7 Å². The predicted molar refractivity (Wildman–Crippen MR) is 59.5 cm³/mol. The molecular formula is C11H9N4Ru. The van der Waals surface area contributed by atoms with Crippen LogP contribution in [0.15, 0.2) is 24.3 Å². The van der Waals surface area contributed by atoms with Crippen molar-refractivity contribution in [2.24, 2.45) is 0 Å². The number of fused-ring (bicyclic) bond motifs is 3. The number of nitrogens with zero attached hydrogens (tertiary/aromatic N) is 3. The van der Waals surface area contributed by atoms with Crippen molar-refractivity contribution >= 4 is 27.8 Å². The molecule has 2 N–H and O–H groups in total. The molecule has 3 rings (SSSR count). The quantitative estimate of drug-likeness (QED) is 0.641. The maximum atomic E-state index is 5.82. The summed E-state index contributed by atoms with van der Waals surface area (Å²) in [6.07, 6.45) is 0. The van der Waals surface area contributed by atoms with Crippen molar-refractivity contribution in [1.82, 2.24) is 15.0 Å². The number of nitrogen functional groups attached to an aromatic ring is 1. The van der Waals surface area contributed by atoms with E-state index in [0.29, 0.717) is 11.3 Å². The van der Waals surface area contributed by atoms with Gasteiger partial charge in [-0.25, -0.2) is 4.98 Å². The zero-order valence-electron chi connectivity index (χ0n) is 8.58. The Morgan fingerprint density at radius 1 is 1.19 bits per heavy atom. The molecule has 1 radical (unpaired) electrons. The molecule has 2 heterocycles. The Kier molecular flexibility index (Phi) is 2.64. The molecule has 5 heteroatoms. The van der Waals surface area contributed by atoms with E-state index >= 15 is 0 Å². The van der Waals surface area contributed by atoms with E-state index in [2.05, 4.69) is 15.0 Å². The molecular weight excluding hydrogens is 289 g/mol. The van der Waals surface area contributed by atoms with E-state index in [1.807, 2.05) is 31.2 Å². The molecule has 0 saturated heterocycles. The molecule has 1 aromatic carbocycles. The Morgan fingerprint density at radius 3 is 2.75 bits per heavy atom. The number of nitrogens with two attached hydrogens (primary N) is 1. The number of benzene rings is 1. The van der Waals surface area contributed by atoms with Crippen molar-refractivity contribution < 1.29 is 19.5 Å². The van der Waals surface area contributed by atoms with Gasteiger partial charge in [0.25, 0.3) is 0 Å². The smallest absolute Gasteiger partial charge is 0.439 e. The summed E-state index contributed by atoms with van der Waals surface area (Å²) in [4.78, 5) is 12.9. The van der Waals surface area contributed by atoms with Crippen LogP contribution in [0.3, 0.4) is 0 Å². The third kappa shape index (κ3) is 1.48. The van der Waals surface area contributed by atoms with Gasteiger partial charge < -0.3 is 15.7 Å². The summed E-state index contributed by atoms with van der Waals surface area (Å²) >= 11 is 0. The van der Waals surface area contributed by atoms with Gasteiger partial charge in [-0.2, -0.15) is 0 Å². The summed E-state index contributed by atoms with van der Waals surface area (Å²) in [6.45, 7) is 1.86. The summed E-state index contributed by atoms with van der Waals surface area (Å²) in [5.74, 6) is 1.18. The fourth-order valence-corrected chi connectivity index (χ4v) is 1.77. The second-order valence-corrected chi connectivity index (χ2v) is 3.48. The van der Waals surface area contributed by atoms with Gasteiger partial charge in [-0.1, -0.05) is 24.0 Å². The molecule has 0 atom stereocenters. The third-order valence-electron chi connectivity index (χ3n) is 2.41. The topological polar surface area (TPSA) is 65.9 Å². The van der Waals surface area contributed by atoms with Crippen LogP contribution in [0.2, 0.25) is 0 Å². The number of hydrogen-bond acceptors (Lipinski definition) is 3. The average molecular weight is 298 g/mol. The Hall–Kier alpha value is -1.48. The van der Waals surface area contributed by atoms with Gasteiger partial charge >= 0.3 is 19.5 Å². The van der Waals surface area contributed by atoms with E-state index < -0.39 is 0 Å². The molecule has 3 aromatic rings. The first-order valence-electron chi connectivity index (χ1n) is 4.71. The number of anilines is 1. The number of aromatic nitrogens is 3. The third-order valence-corrected chi connectivity index (χ3v) is 2.41. The van der Waals surface area contributed by atoms with Gasteiger partial charge in [-0.3, -0.25) is 0 Å². The zero-order valence-corrected chi connectivity index (χ0v) is 10.3. The van der Waals surface area contributed by atoms with Gasteiger partial charge in [0.2, 0.25) is 0 Å². The Balaban J connectivity index is 0.000000963. The van der Waals surface area contributed by atoms with Crippen LogP contribution in [0.5, 0.6) is 0 Å². The van der Waals surface area contributed by atoms with Gasteiger partial charge in [-0.05, 0) is 18.5 Å². The van der Waals surface area contributed by atoms with E-state index in [0.717, 1.165) is 22.2 Å². The van der Waals surface area contributed by atoms with Crippen LogP contribution in [-0.2, 0) is 19.5 Å². The van der Waals surface area contributed by atoms with Gasteiger partial charge in [0.15, 0.2) is 0 Å². The van der Waals surface area contributed by atoms with Crippen LogP contribution >= 0.6 is 0 Å². The average Bonchev–Trinajstić information content (AvgIpc) is 2.61. The van der Waals surface area contributed by atoms with Gasteiger partial charge in [-0.15, -0.1) is 0 Å². The van der Waals surface area contributed by atoms with Crippen molar-refractivity contribution in [3.8, 4) is 0 Å². The van der Waals surface area contributed by atoms with E-state index in [1.54, 1.807) is 0 Å². The molecule has 0 amide bonds. The maximum Gasteiger partial charge on any atom is 1.00 e. The van der Waals surface area contributed by atoms with Crippen LogP contribution in [0.4, 0.5) is 5.82 Å². The molecule has 0 aliphatic carbocycles. The van der Waals surface area contributed by atoms with Crippen molar-refractivity contribution in [3.63, 3.8) is 0 Å². The zero-order chi connectivity index (χ0) is 10.4. The molecule has 0 bridgehead atoms. The summed E-state index contributed by atoms with van der Waals surface area (Å²) < 4.78 is 0. The molecule has 0 spiro atoms. The van der Waals surface area contributed by atoms with Crippen LogP contribution in [0, 0.1) is 6.92 Å². The van der Waals surface area contributed by atoms with E-state index in [9.17, 15) is 0 Å². The molecule has 0 unspecified atom stereocenters. The number of hydrogen-bond donors (Lipinski definition) is 1. The monoisotopic (exact) mass is 299 g/mol. The standard InChI is InChI=1S/C11H9N4.Ru/c1-6-13-9-7-4-2-3-5-8(7)15-11(12)10(9)14-6;/h2-5H,1H3,(H2-,12,13,14,15);/q-1;+1. The molecule has 4 nitrogen and oxygen atoms in total. The van der Waals surface area contributed by atoms with Gasteiger partial charge in [0.1, 0.15) is 5.82 Å². The van der Waals surface area contributed by atoms with E-state index in [-0.39, 0.29) is 19.5 Å². The Bertz CT molecular complexity index is 659. The normalized spacial score (nSPS) is 10.6. The summed E-state index contributed by atoms with van der Waals surface area (Å²) in [5, 5.41) is 1.00. The summed E-state index contributed by atoms with van der Waals surface area (Å²) in [6, 6.07) is 7.81. The number of para-hydroxylation sites is 1. The van der Waals surface area contributed by atoms with Crippen LogP contribution in [0.1, 0.15) is 5.82 Å². The van der Waals surface area contributed by atoms with Crippen molar-refractivity contribution in [2.75, 3.05) is 5.73 Å². The SMILES string of the molecule is Cc1nc2c(N)nc3ccccc3c2[n-]1.[Ru+]. The van der Waals surface area contributed by atoms with Crippen molar-refractivity contribution in [1.29, 1.82) is 0 Å². The second kappa shape index (κ2) is 3.83. The minimum Gasteiger partial charge on any atom is -0.439 e. The summed E-state index contributed by atoms with van der Waals surface area (Å²) in [5.41, 5.74) is 8.23. The second-order valence-electron chi connectivity index (χ2n) is 3.48. The number of aryl methyl sites for hydroxylation is 1. The van der Waals surface area contributed by atoms with Crippen LogP contribution in [-0.4, -0.2) is 9.97 Å². The fraction of sp³-hybridized carbons (Fsp3) is 0.0909. The molecule has 0 aliphatic heterocycles. The van der Waals surface area contributed by atoms with Gasteiger partial charge in [0.05, 0.1) is 5.52 Å².